The van der Waals surface area contributed by atoms with E-state index in [4.69, 9.17) is 14.8 Å². The molecule has 2 fully saturated rings. The van der Waals surface area contributed by atoms with E-state index < -0.39 is 13.1 Å². The highest BCUT2D eigenvalue weighted by Gasteiger charge is 2.32. The van der Waals surface area contributed by atoms with Crippen LogP contribution in [0.1, 0.15) is 28.8 Å². The van der Waals surface area contributed by atoms with E-state index in [1.807, 2.05) is 0 Å². The summed E-state index contributed by atoms with van der Waals surface area (Å²) in [6, 6.07) is 3.62. The first kappa shape index (κ1) is 19.0. The maximum Gasteiger partial charge on any atom is 0.451 e. The maximum absolute atomic E-state index is 11.6. The van der Waals surface area contributed by atoms with E-state index in [9.17, 15) is 15.0 Å². The second kappa shape index (κ2) is 8.26. The molecule has 2 saturated heterocycles. The molecule has 0 unspecified atom stereocenters. The fraction of sp³-hybridized carbons (Fsp3) is 0.588. The van der Waals surface area contributed by atoms with Gasteiger partial charge in [0.2, 0.25) is 0 Å². The molecular weight excluding hydrogens is 339 g/mol. The van der Waals surface area contributed by atoms with Crippen LogP contribution in [-0.2, 0) is 6.42 Å². The molecule has 0 saturated carbocycles. The number of hydrogen-bond acceptors (Lipinski definition) is 7. The smallest absolute Gasteiger partial charge is 0.451 e. The Morgan fingerprint density at radius 1 is 1.35 bits per heavy atom. The second-order valence-electron chi connectivity index (χ2n) is 7.02. The minimum Gasteiger partial charge on any atom is -0.507 e. The van der Waals surface area contributed by atoms with Gasteiger partial charge in [0.05, 0.1) is 0 Å². The zero-order valence-electron chi connectivity index (χ0n) is 14.6. The highest BCUT2D eigenvalue weighted by Crippen LogP contribution is 2.34. The molecule has 26 heavy (non-hydrogen) atoms. The summed E-state index contributed by atoms with van der Waals surface area (Å²) in [6.45, 7) is 3.51. The molecule has 0 bridgehead atoms. The van der Waals surface area contributed by atoms with E-state index in [0.29, 0.717) is 11.6 Å². The van der Waals surface area contributed by atoms with Crippen molar-refractivity contribution in [2.75, 3.05) is 26.2 Å². The van der Waals surface area contributed by atoms with Gasteiger partial charge in [-0.15, -0.1) is 0 Å². The fourth-order valence-electron chi connectivity index (χ4n) is 3.56. The molecule has 2 heterocycles. The number of benzene rings is 1. The number of carboxylic acid groups (broad SMARTS) is 1. The van der Waals surface area contributed by atoms with Gasteiger partial charge >= 0.3 is 13.1 Å². The molecule has 1 aromatic carbocycles. The van der Waals surface area contributed by atoms with Crippen molar-refractivity contribution in [3.8, 4) is 11.5 Å². The number of phenols is 1. The van der Waals surface area contributed by atoms with Crippen molar-refractivity contribution in [3.63, 3.8) is 0 Å². The molecule has 2 aliphatic heterocycles. The molecule has 5 N–H and O–H groups in total. The highest BCUT2D eigenvalue weighted by atomic mass is 16.5. The van der Waals surface area contributed by atoms with Gasteiger partial charge in [-0.3, -0.25) is 4.90 Å². The predicted octanol–water partition coefficient (Wildman–Crippen LogP) is -0.0793. The van der Waals surface area contributed by atoms with Crippen LogP contribution >= 0.6 is 0 Å². The van der Waals surface area contributed by atoms with Crippen LogP contribution in [0, 0.1) is 0 Å². The van der Waals surface area contributed by atoms with Crippen LogP contribution in [0.2, 0.25) is 6.32 Å². The number of aromatic carboxylic acids is 1. The molecule has 1 aromatic rings. The minimum absolute atomic E-state index is 0.0135. The van der Waals surface area contributed by atoms with Crippen molar-refractivity contribution in [2.45, 2.75) is 37.7 Å². The summed E-state index contributed by atoms with van der Waals surface area (Å²) >= 11 is 0. The van der Waals surface area contributed by atoms with Crippen LogP contribution in [-0.4, -0.2) is 76.6 Å². The molecule has 1 atom stereocenters. The van der Waals surface area contributed by atoms with Gasteiger partial charge in [0.1, 0.15) is 23.2 Å². The normalized spacial score (nSPS) is 20.8. The first-order valence-corrected chi connectivity index (χ1v) is 9.00. The van der Waals surface area contributed by atoms with Crippen molar-refractivity contribution in [1.29, 1.82) is 0 Å². The number of hydrogen-bond donors (Lipinski definition) is 5. The van der Waals surface area contributed by atoms with E-state index in [-0.39, 0.29) is 35.9 Å². The molecule has 142 valence electrons. The number of aryl methyl sites for hydroxylation is 1. The van der Waals surface area contributed by atoms with Crippen LogP contribution < -0.4 is 10.1 Å². The maximum atomic E-state index is 11.6. The lowest BCUT2D eigenvalue weighted by Crippen LogP contribution is -2.56. The van der Waals surface area contributed by atoms with Crippen molar-refractivity contribution in [1.82, 2.24) is 10.2 Å². The number of likely N-dealkylation sites (tertiary alicyclic amines) is 1. The Hall–Kier alpha value is -1.81. The molecule has 2 aliphatic rings. The number of rotatable bonds is 8. The van der Waals surface area contributed by atoms with Gasteiger partial charge in [-0.05, 0) is 43.8 Å². The van der Waals surface area contributed by atoms with Gasteiger partial charge in [-0.1, -0.05) is 6.07 Å². The summed E-state index contributed by atoms with van der Waals surface area (Å²) in [5.74, 6) is -1.50. The summed E-state index contributed by atoms with van der Waals surface area (Å²) in [7, 11) is -1.51. The summed E-state index contributed by atoms with van der Waals surface area (Å²) in [5.41, 5.74) is 0.0798. The van der Waals surface area contributed by atoms with Gasteiger partial charge in [0, 0.05) is 25.7 Å². The Morgan fingerprint density at radius 3 is 2.73 bits per heavy atom. The number of carboxylic acids is 1. The summed E-state index contributed by atoms with van der Waals surface area (Å²) in [4.78, 5) is 13.8. The molecule has 0 aliphatic carbocycles. The molecular formula is C17H25BN2O6. The first-order valence-electron chi connectivity index (χ1n) is 9.00. The van der Waals surface area contributed by atoms with Crippen LogP contribution in [0.3, 0.4) is 0 Å². The largest absolute Gasteiger partial charge is 0.507 e. The Labute approximate surface area is 152 Å². The number of nitrogens with one attached hydrogen (secondary N) is 1. The highest BCUT2D eigenvalue weighted by molar-refractivity contribution is 6.41. The van der Waals surface area contributed by atoms with Crippen LogP contribution in [0.25, 0.3) is 0 Å². The lowest BCUT2D eigenvalue weighted by atomic mass is 9.82. The minimum atomic E-state index is -1.51. The summed E-state index contributed by atoms with van der Waals surface area (Å²) < 4.78 is 5.80. The SMILES string of the molecule is O=C(O)c1c(OC2CN(C[C@@H]3CCCN3)C2)ccc(CCB(O)O)c1O. The summed E-state index contributed by atoms with van der Waals surface area (Å²) in [6.07, 6.45) is 2.47. The zero-order chi connectivity index (χ0) is 18.7. The average Bonchev–Trinajstić information content (AvgIpc) is 3.04. The predicted molar refractivity (Wildman–Crippen MR) is 95.6 cm³/mol. The van der Waals surface area contributed by atoms with Crippen molar-refractivity contribution < 1.29 is 29.8 Å². The van der Waals surface area contributed by atoms with Crippen molar-refractivity contribution in [2.24, 2.45) is 0 Å². The quantitative estimate of drug-likeness (QED) is 0.406. The molecule has 8 nitrogen and oxygen atoms in total. The monoisotopic (exact) mass is 364 g/mol. The van der Waals surface area contributed by atoms with Crippen LogP contribution in [0.5, 0.6) is 11.5 Å². The molecule has 0 amide bonds. The van der Waals surface area contributed by atoms with E-state index >= 15 is 0 Å². The van der Waals surface area contributed by atoms with Gasteiger partial charge in [0.25, 0.3) is 0 Å². The standard InChI is InChI=1S/C17H25BN2O6/c21-16-11(5-6-18(24)25)3-4-14(15(16)17(22)23)26-13-9-20(10-13)8-12-2-1-7-19-12/h3-4,12-13,19,21,24-25H,1-2,5-10H2,(H,22,23)/t12-/m0/s1. The van der Waals surface area contributed by atoms with Crippen molar-refractivity contribution >= 4 is 13.1 Å². The Bertz CT molecular complexity index is 644. The van der Waals surface area contributed by atoms with Crippen LogP contribution in [0.4, 0.5) is 0 Å². The molecule has 9 heteroatoms. The van der Waals surface area contributed by atoms with E-state index in [1.54, 1.807) is 6.07 Å². The van der Waals surface area contributed by atoms with E-state index in [1.165, 1.54) is 18.9 Å². The Morgan fingerprint density at radius 2 is 2.12 bits per heavy atom. The number of ether oxygens (including phenoxy) is 1. The van der Waals surface area contributed by atoms with Gasteiger partial charge in [-0.25, -0.2) is 4.79 Å². The van der Waals surface area contributed by atoms with Gasteiger partial charge < -0.3 is 30.3 Å². The van der Waals surface area contributed by atoms with Gasteiger partial charge in [-0.2, -0.15) is 0 Å². The third-order valence-electron chi connectivity index (χ3n) is 4.97. The zero-order valence-corrected chi connectivity index (χ0v) is 14.6. The molecule has 0 spiro atoms. The fourth-order valence-corrected chi connectivity index (χ4v) is 3.56. The Kier molecular flexibility index (Phi) is 6.03. The molecule has 3 rings (SSSR count). The summed E-state index contributed by atoms with van der Waals surface area (Å²) in [5, 5.41) is 41.0. The molecule has 0 aromatic heterocycles. The van der Waals surface area contributed by atoms with E-state index in [2.05, 4.69) is 10.2 Å². The lowest BCUT2D eigenvalue weighted by Gasteiger charge is -2.40. The Balaban J connectivity index is 1.60. The number of carbonyl (C=O) groups is 1. The topological polar surface area (TPSA) is 122 Å². The first-order chi connectivity index (χ1) is 12.4. The second-order valence-corrected chi connectivity index (χ2v) is 7.02. The lowest BCUT2D eigenvalue weighted by molar-refractivity contribution is 0.0143. The average molecular weight is 364 g/mol. The van der Waals surface area contributed by atoms with Crippen molar-refractivity contribution in [3.05, 3.63) is 23.3 Å². The number of nitrogens with zero attached hydrogens (tertiary/aromatic N) is 1. The molecule has 0 radical (unpaired) electrons. The van der Waals surface area contributed by atoms with E-state index in [0.717, 1.165) is 26.2 Å². The number of aromatic hydroxyl groups is 1. The third-order valence-corrected chi connectivity index (χ3v) is 4.97. The van der Waals surface area contributed by atoms with Crippen LogP contribution in [0.15, 0.2) is 12.1 Å². The third kappa shape index (κ3) is 4.48. The van der Waals surface area contributed by atoms with Gasteiger partial charge in [0.15, 0.2) is 0 Å².